The first kappa shape index (κ1) is 10.3. The van der Waals surface area contributed by atoms with Crippen molar-refractivity contribution in [3.63, 3.8) is 0 Å². The van der Waals surface area contributed by atoms with Gasteiger partial charge in [0.1, 0.15) is 5.82 Å². The normalized spacial score (nSPS) is 12.5. The number of halogens is 4. The monoisotopic (exact) mass is 237 g/mol. The summed E-state index contributed by atoms with van der Waals surface area (Å²) in [6.45, 7) is 0. The van der Waals surface area contributed by atoms with Crippen molar-refractivity contribution in [1.82, 2.24) is 0 Å². The van der Waals surface area contributed by atoms with Gasteiger partial charge < -0.3 is 0 Å². The summed E-state index contributed by atoms with van der Waals surface area (Å²) in [6.07, 6.45) is 0.163. The van der Waals surface area contributed by atoms with E-state index in [4.69, 9.17) is 0 Å². The lowest BCUT2D eigenvalue weighted by Gasteiger charge is -2.05. The summed E-state index contributed by atoms with van der Waals surface area (Å²) in [5.41, 5.74) is 0.466. The van der Waals surface area contributed by atoms with E-state index < -0.39 is 23.3 Å². The van der Waals surface area contributed by atoms with Crippen LogP contribution in [0.4, 0.5) is 17.6 Å². The molecule has 0 bridgehead atoms. The number of rotatable bonds is 0. The van der Waals surface area contributed by atoms with Crippen LogP contribution < -0.4 is 0 Å². The van der Waals surface area contributed by atoms with Crippen molar-refractivity contribution < 1.29 is 17.6 Å². The van der Waals surface area contributed by atoms with Crippen LogP contribution in [0.5, 0.6) is 0 Å². The summed E-state index contributed by atoms with van der Waals surface area (Å²) in [5, 5.41) is 0. The van der Waals surface area contributed by atoms with Gasteiger partial charge >= 0.3 is 0 Å². The average molecular weight is 237 g/mol. The number of hydrogen-bond acceptors (Lipinski definition) is 0. The molecule has 0 heterocycles. The van der Waals surface area contributed by atoms with Crippen LogP contribution in [0.3, 0.4) is 0 Å². The van der Waals surface area contributed by atoms with Crippen molar-refractivity contribution in [3.8, 4) is 11.1 Å². The summed E-state index contributed by atoms with van der Waals surface area (Å²) < 4.78 is 53.3. The van der Waals surface area contributed by atoms with E-state index in [0.29, 0.717) is 5.56 Å². The fourth-order valence-electron chi connectivity index (χ4n) is 2.17. The van der Waals surface area contributed by atoms with Crippen LogP contribution in [0.15, 0.2) is 18.2 Å². The molecule has 3 rings (SSSR count). The molecule has 2 aromatic carbocycles. The molecule has 2 aromatic rings. The van der Waals surface area contributed by atoms with Gasteiger partial charge in [-0.25, -0.2) is 17.6 Å². The van der Waals surface area contributed by atoms with Gasteiger partial charge in [-0.1, -0.05) is 12.1 Å². The van der Waals surface area contributed by atoms with Crippen molar-refractivity contribution in [3.05, 3.63) is 58.7 Å². The molecule has 1 aliphatic rings. The quantitative estimate of drug-likeness (QED) is 0.414. The van der Waals surface area contributed by atoms with Crippen LogP contribution >= 0.6 is 0 Å². The molecule has 0 aliphatic heterocycles. The maximum absolute atomic E-state index is 13.6. The van der Waals surface area contributed by atoms with Crippen LogP contribution in [-0.4, -0.2) is 0 Å². The topological polar surface area (TPSA) is 0 Å². The van der Waals surface area contributed by atoms with Gasteiger partial charge in [0.15, 0.2) is 17.5 Å². The zero-order valence-electron chi connectivity index (χ0n) is 8.45. The van der Waals surface area contributed by atoms with E-state index in [-0.39, 0.29) is 23.1 Å². The van der Waals surface area contributed by atoms with Gasteiger partial charge in [-0.2, -0.15) is 0 Å². The van der Waals surface area contributed by atoms with Gasteiger partial charge in [0.05, 0.1) is 0 Å². The van der Waals surface area contributed by atoms with Crippen LogP contribution in [0.2, 0.25) is 0 Å². The molecule has 0 nitrogen and oxygen atoms in total. The Bertz CT molecular complexity index is 632. The van der Waals surface area contributed by atoms with Crippen molar-refractivity contribution in [1.29, 1.82) is 0 Å². The summed E-state index contributed by atoms with van der Waals surface area (Å²) in [7, 11) is 0. The Morgan fingerprint density at radius 3 is 2.47 bits per heavy atom. The third-order valence-corrected chi connectivity index (χ3v) is 2.88. The largest absolute Gasteiger partial charge is 0.206 e. The Hall–Kier alpha value is -1.84. The highest BCUT2D eigenvalue weighted by atomic mass is 19.2. The minimum absolute atomic E-state index is 0.00940. The molecule has 0 N–H and O–H groups in total. The van der Waals surface area contributed by atoms with E-state index in [1.807, 2.05) is 0 Å². The molecule has 0 aromatic heterocycles. The number of hydrogen-bond donors (Lipinski definition) is 0. The molecular weight excluding hydrogens is 232 g/mol. The van der Waals surface area contributed by atoms with Crippen LogP contribution in [0, 0.1) is 29.3 Å². The molecule has 0 fully saturated rings. The first-order valence-electron chi connectivity index (χ1n) is 4.96. The molecule has 17 heavy (non-hydrogen) atoms. The van der Waals surface area contributed by atoms with E-state index in [0.717, 1.165) is 6.07 Å². The molecule has 0 unspecified atom stereocenters. The third kappa shape index (κ3) is 1.30. The lowest BCUT2D eigenvalue weighted by Crippen LogP contribution is -1.97. The predicted molar refractivity (Wildman–Crippen MR) is 53.4 cm³/mol. The second kappa shape index (κ2) is 3.32. The summed E-state index contributed by atoms with van der Waals surface area (Å²) >= 11 is 0. The van der Waals surface area contributed by atoms with Gasteiger partial charge in [-0.3, -0.25) is 0 Å². The number of benzene rings is 2. The van der Waals surface area contributed by atoms with Crippen LogP contribution in [0.1, 0.15) is 11.1 Å². The molecule has 1 aliphatic carbocycles. The average Bonchev–Trinajstić information content (AvgIpc) is 2.65. The van der Waals surface area contributed by atoms with Crippen molar-refractivity contribution in [2.24, 2.45) is 0 Å². The zero-order chi connectivity index (χ0) is 12.2. The van der Waals surface area contributed by atoms with Crippen LogP contribution in [-0.2, 0) is 6.42 Å². The van der Waals surface area contributed by atoms with E-state index in [1.165, 1.54) is 6.07 Å². The second-order valence-corrected chi connectivity index (χ2v) is 3.87. The minimum atomic E-state index is -1.61. The third-order valence-electron chi connectivity index (χ3n) is 2.88. The summed E-state index contributed by atoms with van der Waals surface area (Å²) in [6, 6.07) is 6.36. The molecule has 0 atom stereocenters. The van der Waals surface area contributed by atoms with E-state index in [1.54, 1.807) is 6.07 Å². The minimum Gasteiger partial charge on any atom is -0.206 e. The molecule has 0 amide bonds. The molecule has 0 spiro atoms. The lowest BCUT2D eigenvalue weighted by atomic mass is 10.0. The molecule has 0 saturated heterocycles. The van der Waals surface area contributed by atoms with Crippen molar-refractivity contribution in [2.75, 3.05) is 0 Å². The van der Waals surface area contributed by atoms with Gasteiger partial charge in [0, 0.05) is 17.2 Å². The summed E-state index contributed by atoms with van der Waals surface area (Å²) in [4.78, 5) is 0. The fraction of sp³-hybridized carbons (Fsp3) is 0.0769. The standard InChI is InChI=1S/C13H5F4/c14-8-3-1-2-6-4-7-5-9(15)12(16)13(17)11(7)10(6)8/h1-3H,4H2. The Balaban J connectivity index is 2.39. The Labute approximate surface area is 94.5 Å². The van der Waals surface area contributed by atoms with Crippen LogP contribution in [0.25, 0.3) is 11.1 Å². The van der Waals surface area contributed by atoms with E-state index >= 15 is 0 Å². The maximum atomic E-state index is 13.6. The highest BCUT2D eigenvalue weighted by Crippen LogP contribution is 2.40. The molecule has 85 valence electrons. The lowest BCUT2D eigenvalue weighted by molar-refractivity contribution is 0.446. The van der Waals surface area contributed by atoms with E-state index in [9.17, 15) is 17.6 Å². The summed E-state index contributed by atoms with van der Waals surface area (Å²) in [5.74, 6) is -4.96. The van der Waals surface area contributed by atoms with E-state index in [2.05, 4.69) is 6.07 Å². The highest BCUT2D eigenvalue weighted by molar-refractivity contribution is 5.77. The molecule has 1 radical (unpaired) electrons. The fourth-order valence-corrected chi connectivity index (χ4v) is 2.17. The Kier molecular flexibility index (Phi) is 2.02. The SMILES string of the molecule is Fc1[c]c2c(c(F)c1F)-c1c(F)cccc1C2. The van der Waals surface area contributed by atoms with Gasteiger partial charge in [-0.15, -0.1) is 0 Å². The van der Waals surface area contributed by atoms with Crippen molar-refractivity contribution in [2.45, 2.75) is 6.42 Å². The Morgan fingerprint density at radius 1 is 0.941 bits per heavy atom. The predicted octanol–water partition coefficient (Wildman–Crippen LogP) is 3.61. The second-order valence-electron chi connectivity index (χ2n) is 3.87. The maximum Gasteiger partial charge on any atom is 0.195 e. The zero-order valence-corrected chi connectivity index (χ0v) is 8.45. The molecule has 0 saturated carbocycles. The Morgan fingerprint density at radius 2 is 1.71 bits per heavy atom. The van der Waals surface area contributed by atoms with Gasteiger partial charge in [0.2, 0.25) is 0 Å². The van der Waals surface area contributed by atoms with Crippen molar-refractivity contribution >= 4 is 0 Å². The first-order valence-corrected chi connectivity index (χ1v) is 4.96. The molecular formula is C13H5F4. The molecule has 4 heteroatoms. The number of fused-ring (bicyclic) bond motifs is 3. The van der Waals surface area contributed by atoms with Gasteiger partial charge in [-0.05, 0) is 23.6 Å². The first-order chi connectivity index (χ1) is 8.09. The highest BCUT2D eigenvalue weighted by Gasteiger charge is 2.29. The van der Waals surface area contributed by atoms with Gasteiger partial charge in [0.25, 0.3) is 0 Å². The smallest absolute Gasteiger partial charge is 0.195 e.